The summed E-state index contributed by atoms with van der Waals surface area (Å²) in [7, 11) is 0. The van der Waals surface area contributed by atoms with Gasteiger partial charge in [-0.05, 0) is 59.4 Å². The van der Waals surface area contributed by atoms with Crippen LogP contribution in [0.25, 0.3) is 0 Å². The third-order valence-electron chi connectivity index (χ3n) is 7.71. The zero-order chi connectivity index (χ0) is 30.5. The van der Waals surface area contributed by atoms with Crippen LogP contribution in [-0.2, 0) is 37.3 Å². The van der Waals surface area contributed by atoms with Gasteiger partial charge in [0, 0.05) is 30.8 Å². The lowest BCUT2D eigenvalue weighted by Crippen LogP contribution is -2.35. The summed E-state index contributed by atoms with van der Waals surface area (Å²) in [4.78, 5) is 11.4. The Hall–Kier alpha value is -4.96. The van der Waals surface area contributed by atoms with Crippen LogP contribution in [0.4, 0.5) is 0 Å². The molecule has 0 radical (unpaired) electrons. The highest BCUT2D eigenvalue weighted by Gasteiger charge is 2.16. The maximum atomic E-state index is 6.29. The third-order valence-corrected chi connectivity index (χ3v) is 7.71. The second kappa shape index (κ2) is 15.7. The second-order valence-corrected chi connectivity index (χ2v) is 11.0. The van der Waals surface area contributed by atoms with Gasteiger partial charge in [0.1, 0.15) is 19.5 Å². The van der Waals surface area contributed by atoms with Crippen LogP contribution in [0.3, 0.4) is 0 Å². The van der Waals surface area contributed by atoms with E-state index in [2.05, 4.69) is 75.2 Å². The van der Waals surface area contributed by atoms with Crippen LogP contribution in [0.2, 0.25) is 0 Å². The van der Waals surface area contributed by atoms with Crippen molar-refractivity contribution in [3.05, 3.63) is 155 Å². The molecule has 1 saturated heterocycles. The summed E-state index contributed by atoms with van der Waals surface area (Å²) in [6.45, 7) is 5.38. The molecule has 226 valence electrons. The van der Waals surface area contributed by atoms with E-state index in [0.717, 1.165) is 67.2 Å². The summed E-state index contributed by atoms with van der Waals surface area (Å²) in [5, 5.41) is 0. The first-order valence-corrected chi connectivity index (χ1v) is 15.5. The van der Waals surface area contributed by atoms with Gasteiger partial charge in [0.05, 0.1) is 18.9 Å². The molecule has 6 heteroatoms. The molecular weight excluding hydrogens is 558 g/mol. The number of aromatic nitrogens is 2. The molecule has 6 nitrogen and oxygen atoms in total. The standard InChI is InChI=1S/C39H37N3O3/c1-3-7-35(8-4-1)28-44-38-37(40-30-41-39(38)45-29-36-9-5-2-6-10-36)22-21-33-15-13-31(14-16-33)11-12-32-17-19-34(20-18-32)27-42-23-25-43-26-24-42/h1-10,13-20,30H,21-29H2. The molecule has 1 aromatic heterocycles. The first kappa shape index (κ1) is 30.1. The molecule has 1 aliphatic rings. The van der Waals surface area contributed by atoms with E-state index >= 15 is 0 Å². The van der Waals surface area contributed by atoms with Crippen molar-refractivity contribution in [1.29, 1.82) is 0 Å². The number of nitrogens with zero attached hydrogens (tertiary/aromatic N) is 3. The lowest BCUT2D eigenvalue weighted by atomic mass is 10.1. The Morgan fingerprint density at radius 1 is 0.600 bits per heavy atom. The maximum absolute atomic E-state index is 6.29. The molecule has 4 aromatic carbocycles. The van der Waals surface area contributed by atoms with Crippen LogP contribution in [-0.4, -0.2) is 41.2 Å². The lowest BCUT2D eigenvalue weighted by Gasteiger charge is -2.26. The van der Waals surface area contributed by atoms with Crippen LogP contribution in [0.1, 0.15) is 39.1 Å². The van der Waals surface area contributed by atoms with Gasteiger partial charge in [-0.1, -0.05) is 96.8 Å². The van der Waals surface area contributed by atoms with Gasteiger partial charge in [-0.15, -0.1) is 0 Å². The monoisotopic (exact) mass is 595 g/mol. The van der Waals surface area contributed by atoms with Gasteiger partial charge < -0.3 is 14.2 Å². The topological polar surface area (TPSA) is 56.7 Å². The predicted molar refractivity (Wildman–Crippen MR) is 176 cm³/mol. The highest BCUT2D eigenvalue weighted by atomic mass is 16.5. The Labute approximate surface area is 265 Å². The molecular formula is C39H37N3O3. The fourth-order valence-corrected chi connectivity index (χ4v) is 5.15. The normalized spacial score (nSPS) is 13.1. The van der Waals surface area contributed by atoms with Crippen molar-refractivity contribution in [2.24, 2.45) is 0 Å². The van der Waals surface area contributed by atoms with Crippen LogP contribution in [0.5, 0.6) is 11.6 Å². The number of rotatable bonds is 11. The molecule has 2 heterocycles. The van der Waals surface area contributed by atoms with Crippen molar-refractivity contribution >= 4 is 0 Å². The summed E-state index contributed by atoms with van der Waals surface area (Å²) in [5.41, 5.74) is 7.47. The van der Waals surface area contributed by atoms with Gasteiger partial charge in [-0.2, -0.15) is 4.98 Å². The molecule has 0 unspecified atom stereocenters. The molecule has 1 fully saturated rings. The molecule has 45 heavy (non-hydrogen) atoms. The second-order valence-electron chi connectivity index (χ2n) is 11.0. The van der Waals surface area contributed by atoms with Gasteiger partial charge in [-0.25, -0.2) is 4.98 Å². The lowest BCUT2D eigenvalue weighted by molar-refractivity contribution is 0.0342. The van der Waals surface area contributed by atoms with E-state index in [1.165, 1.54) is 11.1 Å². The van der Waals surface area contributed by atoms with Gasteiger partial charge in [-0.3, -0.25) is 4.90 Å². The average Bonchev–Trinajstić information content (AvgIpc) is 3.11. The smallest absolute Gasteiger partial charge is 0.260 e. The molecule has 5 aromatic rings. The number of aryl methyl sites for hydroxylation is 2. The number of ether oxygens (including phenoxy) is 3. The zero-order valence-corrected chi connectivity index (χ0v) is 25.4. The minimum atomic E-state index is 0.403. The fraction of sp³-hybridized carbons (Fsp3) is 0.231. The molecule has 0 spiro atoms. The van der Waals surface area contributed by atoms with Gasteiger partial charge in [0.15, 0.2) is 0 Å². The Morgan fingerprint density at radius 2 is 1.18 bits per heavy atom. The summed E-state index contributed by atoms with van der Waals surface area (Å²) >= 11 is 0. The number of benzene rings is 4. The number of hydrogen-bond donors (Lipinski definition) is 0. The summed E-state index contributed by atoms with van der Waals surface area (Å²) in [5.74, 6) is 7.66. The van der Waals surface area contributed by atoms with Crippen molar-refractivity contribution in [2.75, 3.05) is 26.3 Å². The maximum Gasteiger partial charge on any atom is 0.260 e. The predicted octanol–water partition coefficient (Wildman–Crippen LogP) is 6.65. The fourth-order valence-electron chi connectivity index (χ4n) is 5.15. The van der Waals surface area contributed by atoms with Crippen LogP contribution in [0, 0.1) is 11.8 Å². The highest BCUT2D eigenvalue weighted by Crippen LogP contribution is 2.30. The first-order chi connectivity index (χ1) is 22.3. The summed E-state index contributed by atoms with van der Waals surface area (Å²) in [6.07, 6.45) is 3.05. The van der Waals surface area contributed by atoms with Crippen LogP contribution < -0.4 is 9.47 Å². The van der Waals surface area contributed by atoms with E-state index in [1.807, 2.05) is 60.7 Å². The van der Waals surface area contributed by atoms with Crippen molar-refractivity contribution in [2.45, 2.75) is 32.6 Å². The summed E-state index contributed by atoms with van der Waals surface area (Å²) in [6, 6.07) is 37.1. The van der Waals surface area contributed by atoms with E-state index in [-0.39, 0.29) is 0 Å². The van der Waals surface area contributed by atoms with E-state index in [9.17, 15) is 0 Å². The van der Waals surface area contributed by atoms with E-state index in [0.29, 0.717) is 31.3 Å². The average molecular weight is 596 g/mol. The van der Waals surface area contributed by atoms with Crippen LogP contribution in [0.15, 0.2) is 116 Å². The Morgan fingerprint density at radius 3 is 1.80 bits per heavy atom. The largest absolute Gasteiger partial charge is 0.482 e. The Bertz CT molecular complexity index is 1690. The molecule has 0 aliphatic carbocycles. The van der Waals surface area contributed by atoms with Gasteiger partial charge >= 0.3 is 0 Å². The highest BCUT2D eigenvalue weighted by molar-refractivity contribution is 5.44. The molecule has 0 N–H and O–H groups in total. The molecule has 1 aliphatic heterocycles. The van der Waals surface area contributed by atoms with Crippen LogP contribution >= 0.6 is 0 Å². The van der Waals surface area contributed by atoms with Crippen molar-refractivity contribution in [3.63, 3.8) is 0 Å². The molecule has 0 saturated carbocycles. The van der Waals surface area contributed by atoms with E-state index in [4.69, 9.17) is 14.2 Å². The van der Waals surface area contributed by atoms with Gasteiger partial charge in [0.2, 0.25) is 5.75 Å². The zero-order valence-electron chi connectivity index (χ0n) is 25.4. The Balaban J connectivity index is 1.08. The first-order valence-electron chi connectivity index (χ1n) is 15.5. The SMILES string of the molecule is C(#Cc1ccc(CN2CCOCC2)cc1)c1ccc(CCc2ncnc(OCc3ccccc3)c2OCc2ccccc2)cc1. The molecule has 0 atom stereocenters. The number of morpholine rings is 1. The molecule has 0 bridgehead atoms. The molecule has 6 rings (SSSR count). The minimum Gasteiger partial charge on any atom is -0.482 e. The van der Waals surface area contributed by atoms with Crippen molar-refractivity contribution in [1.82, 2.24) is 14.9 Å². The van der Waals surface area contributed by atoms with E-state index < -0.39 is 0 Å². The molecule has 0 amide bonds. The van der Waals surface area contributed by atoms with Crippen molar-refractivity contribution < 1.29 is 14.2 Å². The third kappa shape index (κ3) is 9.02. The van der Waals surface area contributed by atoms with Gasteiger partial charge in [0.25, 0.3) is 5.88 Å². The Kier molecular flexibility index (Phi) is 10.5. The van der Waals surface area contributed by atoms with E-state index in [1.54, 1.807) is 6.33 Å². The minimum absolute atomic E-state index is 0.403. The van der Waals surface area contributed by atoms with Crippen molar-refractivity contribution in [3.8, 4) is 23.5 Å². The number of hydrogen-bond acceptors (Lipinski definition) is 6. The summed E-state index contributed by atoms with van der Waals surface area (Å²) < 4.78 is 17.9. The quantitative estimate of drug-likeness (QED) is 0.159.